The molecule has 0 spiro atoms. The van der Waals surface area contributed by atoms with Gasteiger partial charge in [0.25, 0.3) is 5.91 Å². The Labute approximate surface area is 177 Å². The van der Waals surface area contributed by atoms with Crippen LogP contribution in [0, 0.1) is 5.82 Å². The second-order valence-electron chi connectivity index (χ2n) is 6.35. The molecule has 0 aliphatic rings. The molecule has 0 atom stereocenters. The van der Waals surface area contributed by atoms with Crippen molar-refractivity contribution in [3.63, 3.8) is 0 Å². The number of carbonyl (C=O) groups is 1. The molecule has 176 valence electrons. The third-order valence-corrected chi connectivity index (χ3v) is 4.58. The molecule has 0 heterocycles. The lowest BCUT2D eigenvalue weighted by atomic mass is 9.91. The van der Waals surface area contributed by atoms with E-state index in [1.165, 1.54) is 0 Å². The molecule has 14 heteroatoms. The number of anilines is 1. The number of hydrogen-bond donors (Lipinski definition) is 0. The summed E-state index contributed by atoms with van der Waals surface area (Å²) in [6, 6.07) is 2.86. The van der Waals surface area contributed by atoms with Crippen molar-refractivity contribution in [2.75, 3.05) is 11.9 Å². The zero-order valence-electron chi connectivity index (χ0n) is 15.4. The number of halogens is 12. The first-order valence-corrected chi connectivity index (χ1v) is 8.48. The topological polar surface area (TPSA) is 20.3 Å². The van der Waals surface area contributed by atoms with Gasteiger partial charge in [0.1, 0.15) is 5.82 Å². The fraction of sp³-hybridized carbons (Fsp3) is 0.278. The van der Waals surface area contributed by atoms with E-state index in [-0.39, 0.29) is 11.0 Å². The lowest BCUT2D eigenvalue weighted by Gasteiger charge is -2.32. The van der Waals surface area contributed by atoms with Crippen molar-refractivity contribution >= 4 is 23.2 Å². The van der Waals surface area contributed by atoms with Gasteiger partial charge in [-0.25, -0.2) is 8.78 Å². The molecule has 0 aromatic heterocycles. The van der Waals surface area contributed by atoms with Crippen LogP contribution >= 0.6 is 11.6 Å². The summed E-state index contributed by atoms with van der Waals surface area (Å²) in [5.41, 5.74) is -13.1. The highest BCUT2D eigenvalue weighted by molar-refractivity contribution is 6.34. The average molecular weight is 500 g/mol. The Morgan fingerprint density at radius 2 is 1.38 bits per heavy atom. The smallest absolute Gasteiger partial charge is 0.309 e. The van der Waals surface area contributed by atoms with E-state index in [9.17, 15) is 53.1 Å². The van der Waals surface area contributed by atoms with Gasteiger partial charge in [-0.15, -0.1) is 0 Å². The Kier molecular flexibility index (Phi) is 6.49. The molecular weight excluding hydrogens is 491 g/mol. The highest BCUT2D eigenvalue weighted by Gasteiger charge is 2.73. The minimum Gasteiger partial charge on any atom is -0.309 e. The van der Waals surface area contributed by atoms with Gasteiger partial charge in [0.05, 0.1) is 21.8 Å². The van der Waals surface area contributed by atoms with Crippen LogP contribution in [-0.4, -0.2) is 25.3 Å². The number of rotatable bonds is 3. The van der Waals surface area contributed by atoms with Crippen molar-refractivity contribution in [2.45, 2.75) is 24.2 Å². The molecule has 0 radical (unpaired) electrons. The summed E-state index contributed by atoms with van der Waals surface area (Å²) in [4.78, 5) is 12.5. The molecule has 0 saturated carbocycles. The Bertz CT molecular complexity index is 1010. The summed E-state index contributed by atoms with van der Waals surface area (Å²) in [7, 11) is 0.626. The summed E-state index contributed by atoms with van der Waals surface area (Å²) >= 11 is 5.52. The van der Waals surface area contributed by atoms with Gasteiger partial charge in [-0.1, -0.05) is 23.7 Å². The third-order valence-electron chi connectivity index (χ3n) is 4.29. The van der Waals surface area contributed by atoms with Gasteiger partial charge in [-0.3, -0.25) is 4.79 Å². The first kappa shape index (κ1) is 25.7. The van der Waals surface area contributed by atoms with E-state index in [0.717, 1.165) is 24.3 Å². The van der Waals surface area contributed by atoms with Crippen LogP contribution < -0.4 is 4.90 Å². The van der Waals surface area contributed by atoms with Crippen LogP contribution in [-0.2, 0) is 11.8 Å². The molecule has 0 aliphatic heterocycles. The minimum atomic E-state index is -6.70. The average Bonchev–Trinajstić information content (AvgIpc) is 2.63. The summed E-state index contributed by atoms with van der Waals surface area (Å²) in [5.74, 6) is -2.64. The molecule has 2 aromatic rings. The fourth-order valence-corrected chi connectivity index (χ4v) is 3.11. The molecular formula is C18H9ClF11NO. The van der Waals surface area contributed by atoms with E-state index in [1.54, 1.807) is 0 Å². The largest absolute Gasteiger partial charge is 0.435 e. The minimum absolute atomic E-state index is 0.0778. The highest BCUT2D eigenvalue weighted by atomic mass is 35.5. The molecule has 0 N–H and O–H groups in total. The zero-order chi connectivity index (χ0) is 24.9. The van der Waals surface area contributed by atoms with Crippen LogP contribution in [0.25, 0.3) is 0 Å². The molecule has 0 bridgehead atoms. The fourth-order valence-electron chi connectivity index (χ4n) is 2.76. The standard InChI is InChI=1S/C18H9ClF11NO/c1-31(14(32)9-4-2-3-5-12(9)20)13-10(16(22,23)24)6-8(7-11(13)19)15(21,17(25,26)27)18(28,29)30/h2-7H,1H3. The van der Waals surface area contributed by atoms with Crippen molar-refractivity contribution in [2.24, 2.45) is 0 Å². The molecule has 2 aromatic carbocycles. The second kappa shape index (κ2) is 8.09. The van der Waals surface area contributed by atoms with E-state index in [0.29, 0.717) is 7.05 Å². The summed E-state index contributed by atoms with van der Waals surface area (Å²) in [6.45, 7) is 0. The number of hydrogen-bond acceptors (Lipinski definition) is 1. The quantitative estimate of drug-likeness (QED) is 0.414. The maximum Gasteiger partial charge on any atom is 0.435 e. The Morgan fingerprint density at radius 3 is 1.81 bits per heavy atom. The van der Waals surface area contributed by atoms with Crippen LogP contribution in [0.3, 0.4) is 0 Å². The number of benzene rings is 2. The van der Waals surface area contributed by atoms with Crippen LogP contribution in [0.1, 0.15) is 21.5 Å². The maximum atomic E-state index is 14.3. The molecule has 0 aliphatic carbocycles. The molecule has 1 amide bonds. The van der Waals surface area contributed by atoms with Gasteiger partial charge in [0, 0.05) is 12.6 Å². The predicted molar refractivity (Wildman–Crippen MR) is 90.5 cm³/mol. The van der Waals surface area contributed by atoms with E-state index in [2.05, 4.69) is 0 Å². The molecule has 32 heavy (non-hydrogen) atoms. The van der Waals surface area contributed by atoms with Gasteiger partial charge >= 0.3 is 24.2 Å². The monoisotopic (exact) mass is 499 g/mol. The van der Waals surface area contributed by atoms with Crippen molar-refractivity contribution in [3.8, 4) is 0 Å². The molecule has 0 saturated heterocycles. The van der Waals surface area contributed by atoms with Crippen molar-refractivity contribution in [3.05, 3.63) is 63.9 Å². The van der Waals surface area contributed by atoms with E-state index < -0.39 is 69.4 Å². The first-order chi connectivity index (χ1) is 14.3. The van der Waals surface area contributed by atoms with Crippen LogP contribution in [0.5, 0.6) is 0 Å². The second-order valence-corrected chi connectivity index (χ2v) is 6.76. The molecule has 2 rings (SSSR count). The Hall–Kier alpha value is -2.57. The van der Waals surface area contributed by atoms with Gasteiger partial charge in [0.15, 0.2) is 0 Å². The summed E-state index contributed by atoms with van der Waals surface area (Å²) in [5, 5.41) is -1.46. The SMILES string of the molecule is CN(C(=O)c1ccccc1F)c1c(Cl)cc(C(F)(C(F)(F)F)C(F)(F)F)cc1C(F)(F)F. The van der Waals surface area contributed by atoms with Crippen LogP contribution in [0.15, 0.2) is 36.4 Å². The van der Waals surface area contributed by atoms with E-state index >= 15 is 0 Å². The molecule has 2 nitrogen and oxygen atoms in total. The van der Waals surface area contributed by atoms with Crippen molar-refractivity contribution in [1.29, 1.82) is 0 Å². The molecule has 0 fully saturated rings. The first-order valence-electron chi connectivity index (χ1n) is 8.10. The number of amides is 1. The highest BCUT2D eigenvalue weighted by Crippen LogP contribution is 2.55. The Morgan fingerprint density at radius 1 is 0.875 bits per heavy atom. The number of carbonyl (C=O) groups excluding carboxylic acids is 1. The summed E-state index contributed by atoms with van der Waals surface area (Å²) in [6.07, 6.45) is -19.1. The Balaban J connectivity index is 2.81. The van der Waals surface area contributed by atoms with Gasteiger partial charge < -0.3 is 4.90 Å². The van der Waals surface area contributed by atoms with E-state index in [1.807, 2.05) is 0 Å². The number of alkyl halides is 10. The van der Waals surface area contributed by atoms with Gasteiger partial charge in [0.2, 0.25) is 0 Å². The lowest BCUT2D eigenvalue weighted by Crippen LogP contribution is -2.50. The van der Waals surface area contributed by atoms with Crippen LogP contribution in [0.4, 0.5) is 54.0 Å². The van der Waals surface area contributed by atoms with Gasteiger partial charge in [-0.2, -0.15) is 39.5 Å². The number of nitrogens with zero attached hydrogens (tertiary/aromatic N) is 1. The van der Waals surface area contributed by atoms with Crippen molar-refractivity contribution in [1.82, 2.24) is 0 Å². The van der Waals surface area contributed by atoms with Gasteiger partial charge in [-0.05, 0) is 24.3 Å². The molecule has 0 unspecified atom stereocenters. The zero-order valence-corrected chi connectivity index (χ0v) is 16.1. The van der Waals surface area contributed by atoms with E-state index in [4.69, 9.17) is 11.6 Å². The predicted octanol–water partition coefficient (Wildman–Crippen LogP) is 7.06. The summed E-state index contributed by atoms with van der Waals surface area (Å²) < 4.78 is 147. The third kappa shape index (κ3) is 4.34. The van der Waals surface area contributed by atoms with Crippen molar-refractivity contribution < 1.29 is 53.1 Å². The van der Waals surface area contributed by atoms with Crippen LogP contribution in [0.2, 0.25) is 5.02 Å². The maximum absolute atomic E-state index is 14.3. The lowest BCUT2D eigenvalue weighted by molar-refractivity contribution is -0.348. The normalized spacial score (nSPS) is 13.3.